The molecule has 1 fully saturated rings. The van der Waals surface area contributed by atoms with Gasteiger partial charge in [0.15, 0.2) is 6.61 Å². The quantitative estimate of drug-likeness (QED) is 0.448. The van der Waals surface area contributed by atoms with Crippen LogP contribution in [0.3, 0.4) is 0 Å². The van der Waals surface area contributed by atoms with E-state index >= 15 is 0 Å². The molecule has 1 unspecified atom stereocenters. The molecule has 1 aliphatic rings. The van der Waals surface area contributed by atoms with Crippen LogP contribution in [0.25, 0.3) is 0 Å². The van der Waals surface area contributed by atoms with Crippen LogP contribution >= 0.6 is 0 Å². The van der Waals surface area contributed by atoms with Crippen molar-refractivity contribution in [3.63, 3.8) is 0 Å². The monoisotopic (exact) mass is 407 g/mol. The molecule has 1 atom stereocenters. The van der Waals surface area contributed by atoms with Gasteiger partial charge in [-0.3, -0.25) is 24.6 Å². The van der Waals surface area contributed by atoms with E-state index in [1.54, 1.807) is 61.5 Å². The summed E-state index contributed by atoms with van der Waals surface area (Å²) in [4.78, 5) is 51.3. The van der Waals surface area contributed by atoms with Gasteiger partial charge in [0.2, 0.25) is 5.91 Å². The average molecular weight is 407 g/mol. The molecule has 1 heterocycles. The number of hydrogen-bond donors (Lipinski definition) is 1. The van der Waals surface area contributed by atoms with Gasteiger partial charge < -0.3 is 4.74 Å². The topological polar surface area (TPSA) is 96.0 Å². The lowest BCUT2D eigenvalue weighted by molar-refractivity contribution is -0.144. The van der Waals surface area contributed by atoms with Crippen molar-refractivity contribution in [1.29, 1.82) is 0 Å². The van der Waals surface area contributed by atoms with Crippen LogP contribution in [0.4, 0.5) is 5.69 Å². The van der Waals surface area contributed by atoms with Crippen LogP contribution in [0.2, 0.25) is 0 Å². The number of carbonyl (C=O) groups is 4. The first-order valence-corrected chi connectivity index (χ1v) is 9.36. The molecule has 0 spiro atoms. The van der Waals surface area contributed by atoms with E-state index in [0.717, 1.165) is 9.91 Å². The van der Waals surface area contributed by atoms with Crippen LogP contribution in [-0.2, 0) is 19.2 Å². The molecular weight excluding hydrogens is 386 g/mol. The summed E-state index contributed by atoms with van der Waals surface area (Å²) in [6.07, 6.45) is 2.45. The summed E-state index contributed by atoms with van der Waals surface area (Å²) in [6.45, 7) is 1.27. The molecule has 154 valence electrons. The lowest BCUT2D eigenvalue weighted by atomic mass is 10.2. The van der Waals surface area contributed by atoms with Crippen LogP contribution in [-0.4, -0.2) is 41.3 Å². The van der Waals surface area contributed by atoms with Gasteiger partial charge in [0.05, 0.1) is 12.1 Å². The highest BCUT2D eigenvalue weighted by Crippen LogP contribution is 2.25. The van der Waals surface area contributed by atoms with Gasteiger partial charge in [-0.15, -0.1) is 0 Å². The Bertz CT molecular complexity index is 959. The molecule has 0 saturated carbocycles. The van der Waals surface area contributed by atoms with Gasteiger partial charge in [-0.2, -0.15) is 0 Å². The molecule has 30 heavy (non-hydrogen) atoms. The van der Waals surface area contributed by atoms with Gasteiger partial charge in [-0.05, 0) is 31.2 Å². The van der Waals surface area contributed by atoms with Crippen molar-refractivity contribution in [2.45, 2.75) is 19.4 Å². The largest absolute Gasteiger partial charge is 0.484 e. The molecule has 1 aliphatic heterocycles. The van der Waals surface area contributed by atoms with E-state index in [4.69, 9.17) is 4.74 Å². The smallest absolute Gasteiger partial charge is 0.276 e. The van der Waals surface area contributed by atoms with Crippen LogP contribution in [0.5, 0.6) is 5.75 Å². The Morgan fingerprint density at radius 3 is 2.37 bits per heavy atom. The predicted octanol–water partition coefficient (Wildman–Crippen LogP) is 1.83. The normalized spacial score (nSPS) is 16.0. The fraction of sp³-hybridized carbons (Fsp3) is 0.182. The van der Waals surface area contributed by atoms with E-state index in [1.165, 1.54) is 12.2 Å². The standard InChI is InChI=1S/C22H21N3O5/c1-2-9-20(27)25(23-19(26)15-30-17-12-7-4-8-13-17)18-14-21(28)24(22(18)29)16-10-5-3-6-11-16/h2-13,18H,14-15H2,1H3,(H,23,26). The SMILES string of the molecule is CC=CC(=O)N(NC(=O)COc1ccccc1)C1CC(=O)N(c2ccccc2)C1=O. The van der Waals surface area contributed by atoms with Crippen LogP contribution < -0.4 is 15.1 Å². The van der Waals surface area contributed by atoms with E-state index in [1.807, 2.05) is 6.07 Å². The number of carbonyl (C=O) groups excluding carboxylic acids is 4. The summed E-state index contributed by atoms with van der Waals surface area (Å²) in [5.41, 5.74) is 2.82. The number of hydrogen-bond acceptors (Lipinski definition) is 5. The van der Waals surface area contributed by atoms with Gasteiger partial charge in [0.25, 0.3) is 17.7 Å². The number of ether oxygens (including phenoxy) is 1. The molecule has 3 rings (SSSR count). The van der Waals surface area contributed by atoms with Gasteiger partial charge in [0, 0.05) is 6.08 Å². The summed E-state index contributed by atoms with van der Waals surface area (Å²) >= 11 is 0. The Hall–Kier alpha value is -3.94. The van der Waals surface area contributed by atoms with Crippen molar-refractivity contribution in [2.75, 3.05) is 11.5 Å². The van der Waals surface area contributed by atoms with E-state index in [-0.39, 0.29) is 13.0 Å². The number of allylic oxidation sites excluding steroid dienone is 1. The van der Waals surface area contributed by atoms with Crippen molar-refractivity contribution in [3.8, 4) is 5.75 Å². The van der Waals surface area contributed by atoms with Crippen LogP contribution in [0, 0.1) is 0 Å². The zero-order valence-corrected chi connectivity index (χ0v) is 16.4. The second-order valence-electron chi connectivity index (χ2n) is 6.47. The number of benzene rings is 2. The Labute approximate surface area is 173 Å². The molecule has 8 heteroatoms. The Morgan fingerprint density at radius 1 is 1.10 bits per heavy atom. The summed E-state index contributed by atoms with van der Waals surface area (Å²) < 4.78 is 5.38. The molecule has 4 amide bonds. The van der Waals surface area contributed by atoms with E-state index in [9.17, 15) is 19.2 Å². The van der Waals surface area contributed by atoms with E-state index in [0.29, 0.717) is 11.4 Å². The van der Waals surface area contributed by atoms with Crippen molar-refractivity contribution >= 4 is 29.3 Å². The Kier molecular flexibility index (Phi) is 6.59. The molecule has 2 aromatic rings. The van der Waals surface area contributed by atoms with Crippen LogP contribution in [0.15, 0.2) is 72.8 Å². The van der Waals surface area contributed by atoms with Gasteiger partial charge in [-0.25, -0.2) is 9.91 Å². The molecule has 1 saturated heterocycles. The van der Waals surface area contributed by atoms with Crippen molar-refractivity contribution in [1.82, 2.24) is 10.4 Å². The molecule has 0 aromatic heterocycles. The lowest BCUT2D eigenvalue weighted by Gasteiger charge is -2.26. The first kappa shape index (κ1) is 20.8. The highest BCUT2D eigenvalue weighted by Gasteiger charge is 2.44. The Balaban J connectivity index is 1.75. The predicted molar refractivity (Wildman–Crippen MR) is 109 cm³/mol. The van der Waals surface area contributed by atoms with E-state index in [2.05, 4.69) is 5.43 Å². The second-order valence-corrected chi connectivity index (χ2v) is 6.47. The minimum atomic E-state index is -1.15. The summed E-state index contributed by atoms with van der Waals surface area (Å²) in [5, 5.41) is 0.889. The number of nitrogens with zero attached hydrogens (tertiary/aromatic N) is 2. The average Bonchev–Trinajstić information content (AvgIpc) is 3.05. The Morgan fingerprint density at radius 2 is 1.73 bits per heavy atom. The first-order chi connectivity index (χ1) is 14.5. The lowest BCUT2D eigenvalue weighted by Crippen LogP contribution is -2.55. The summed E-state index contributed by atoms with van der Waals surface area (Å²) in [7, 11) is 0. The maximum absolute atomic E-state index is 12.9. The summed E-state index contributed by atoms with van der Waals surface area (Å²) in [5.74, 6) is -1.80. The zero-order valence-electron chi connectivity index (χ0n) is 16.4. The number of imide groups is 1. The third kappa shape index (κ3) is 4.72. The number of hydrazine groups is 1. The zero-order chi connectivity index (χ0) is 21.5. The van der Waals surface area contributed by atoms with Crippen molar-refractivity contribution < 1.29 is 23.9 Å². The number of nitrogens with one attached hydrogen (secondary N) is 1. The van der Waals surface area contributed by atoms with Gasteiger partial charge >= 0.3 is 0 Å². The van der Waals surface area contributed by atoms with E-state index < -0.39 is 29.7 Å². The highest BCUT2D eigenvalue weighted by molar-refractivity contribution is 6.23. The van der Waals surface area contributed by atoms with Gasteiger partial charge in [-0.1, -0.05) is 42.5 Å². The molecule has 0 aliphatic carbocycles. The number of para-hydroxylation sites is 2. The molecular formula is C22H21N3O5. The molecule has 0 radical (unpaired) electrons. The molecule has 1 N–H and O–H groups in total. The number of anilines is 1. The molecule has 8 nitrogen and oxygen atoms in total. The maximum Gasteiger partial charge on any atom is 0.276 e. The third-order valence-corrected chi connectivity index (χ3v) is 4.35. The summed E-state index contributed by atoms with van der Waals surface area (Å²) in [6, 6.07) is 16.0. The highest BCUT2D eigenvalue weighted by atomic mass is 16.5. The molecule has 2 aromatic carbocycles. The minimum absolute atomic E-state index is 0.239. The van der Waals surface area contributed by atoms with Crippen molar-refractivity contribution in [2.24, 2.45) is 0 Å². The fourth-order valence-electron chi connectivity index (χ4n) is 3.01. The number of amides is 4. The van der Waals surface area contributed by atoms with Gasteiger partial charge in [0.1, 0.15) is 11.8 Å². The fourth-order valence-corrected chi connectivity index (χ4v) is 3.01. The van der Waals surface area contributed by atoms with Crippen LogP contribution in [0.1, 0.15) is 13.3 Å². The molecule has 0 bridgehead atoms. The number of rotatable bonds is 6. The first-order valence-electron chi connectivity index (χ1n) is 9.36. The third-order valence-electron chi connectivity index (χ3n) is 4.35. The second kappa shape index (κ2) is 9.51. The maximum atomic E-state index is 12.9. The minimum Gasteiger partial charge on any atom is -0.484 e. The van der Waals surface area contributed by atoms with Crippen molar-refractivity contribution in [3.05, 3.63) is 72.8 Å².